The number of nitrogens with zero attached hydrogens (tertiary/aromatic N) is 1. The van der Waals surface area contributed by atoms with Crippen LogP contribution in [-0.4, -0.2) is 38.3 Å². The topological polar surface area (TPSA) is 47.7 Å². The highest BCUT2D eigenvalue weighted by molar-refractivity contribution is 5.38. The number of benzene rings is 1. The van der Waals surface area contributed by atoms with E-state index < -0.39 is 0 Å². The van der Waals surface area contributed by atoms with Crippen LogP contribution in [-0.2, 0) is 11.3 Å². The minimum Gasteiger partial charge on any atom is -0.496 e. The SMILES string of the molecule is COc1ccc(C(C)N)cc1CN1CCCC(OC)C1. The van der Waals surface area contributed by atoms with E-state index in [1.807, 2.05) is 19.1 Å². The van der Waals surface area contributed by atoms with Crippen molar-refractivity contribution in [2.24, 2.45) is 5.73 Å². The van der Waals surface area contributed by atoms with Gasteiger partial charge < -0.3 is 15.2 Å². The lowest BCUT2D eigenvalue weighted by Gasteiger charge is -2.32. The highest BCUT2D eigenvalue weighted by atomic mass is 16.5. The molecular weight excluding hydrogens is 252 g/mol. The lowest BCUT2D eigenvalue weighted by atomic mass is 10.0. The molecule has 2 rings (SSSR count). The average molecular weight is 278 g/mol. The van der Waals surface area contributed by atoms with E-state index in [1.165, 1.54) is 12.0 Å². The summed E-state index contributed by atoms with van der Waals surface area (Å²) in [6.45, 7) is 5.00. The van der Waals surface area contributed by atoms with Gasteiger partial charge in [0.2, 0.25) is 0 Å². The highest BCUT2D eigenvalue weighted by Gasteiger charge is 2.20. The normalized spacial score (nSPS) is 21.7. The summed E-state index contributed by atoms with van der Waals surface area (Å²) in [4.78, 5) is 2.43. The predicted octanol–water partition coefficient (Wildman–Crippen LogP) is 2.33. The molecule has 0 saturated carbocycles. The molecule has 0 bridgehead atoms. The van der Waals surface area contributed by atoms with Crippen molar-refractivity contribution in [3.05, 3.63) is 29.3 Å². The summed E-state index contributed by atoms with van der Waals surface area (Å²) in [6, 6.07) is 6.28. The zero-order chi connectivity index (χ0) is 14.5. The first-order valence-corrected chi connectivity index (χ1v) is 7.31. The summed E-state index contributed by atoms with van der Waals surface area (Å²) in [5.41, 5.74) is 8.34. The van der Waals surface area contributed by atoms with Gasteiger partial charge in [-0.15, -0.1) is 0 Å². The van der Waals surface area contributed by atoms with Crippen LogP contribution >= 0.6 is 0 Å². The van der Waals surface area contributed by atoms with Crippen LogP contribution in [0.25, 0.3) is 0 Å². The molecule has 112 valence electrons. The van der Waals surface area contributed by atoms with Crippen molar-refractivity contribution < 1.29 is 9.47 Å². The molecule has 1 aliphatic heterocycles. The maximum absolute atomic E-state index is 5.98. The Kier molecular flexibility index (Phi) is 5.40. The molecule has 1 aliphatic rings. The van der Waals surface area contributed by atoms with Crippen LogP contribution in [0.4, 0.5) is 0 Å². The van der Waals surface area contributed by atoms with Gasteiger partial charge in [0, 0.05) is 31.8 Å². The van der Waals surface area contributed by atoms with Crippen molar-refractivity contribution in [1.82, 2.24) is 4.90 Å². The maximum Gasteiger partial charge on any atom is 0.123 e. The third-order valence-corrected chi connectivity index (χ3v) is 4.02. The van der Waals surface area contributed by atoms with Crippen LogP contribution in [0.3, 0.4) is 0 Å². The van der Waals surface area contributed by atoms with E-state index >= 15 is 0 Å². The van der Waals surface area contributed by atoms with Crippen LogP contribution < -0.4 is 10.5 Å². The van der Waals surface area contributed by atoms with Crippen molar-refractivity contribution in [1.29, 1.82) is 0 Å². The van der Waals surface area contributed by atoms with Crippen molar-refractivity contribution in [2.75, 3.05) is 27.3 Å². The third-order valence-electron chi connectivity index (χ3n) is 4.02. The quantitative estimate of drug-likeness (QED) is 0.898. The molecule has 1 fully saturated rings. The molecule has 1 saturated heterocycles. The molecule has 1 aromatic rings. The first kappa shape index (κ1) is 15.3. The number of hydrogen-bond acceptors (Lipinski definition) is 4. The zero-order valence-electron chi connectivity index (χ0n) is 12.8. The van der Waals surface area contributed by atoms with Gasteiger partial charge in [-0.05, 0) is 44.0 Å². The number of nitrogens with two attached hydrogens (primary N) is 1. The van der Waals surface area contributed by atoms with Crippen LogP contribution in [0.1, 0.15) is 36.9 Å². The third kappa shape index (κ3) is 3.72. The molecular formula is C16H26N2O2. The number of methoxy groups -OCH3 is 2. The Morgan fingerprint density at radius 2 is 2.20 bits per heavy atom. The lowest BCUT2D eigenvalue weighted by molar-refractivity contribution is 0.0283. The molecule has 0 aromatic heterocycles. The highest BCUT2D eigenvalue weighted by Crippen LogP contribution is 2.25. The molecule has 2 atom stereocenters. The first-order valence-electron chi connectivity index (χ1n) is 7.31. The van der Waals surface area contributed by atoms with Crippen LogP contribution in [0, 0.1) is 0 Å². The monoisotopic (exact) mass is 278 g/mol. The van der Waals surface area contributed by atoms with Gasteiger partial charge in [-0.2, -0.15) is 0 Å². The van der Waals surface area contributed by atoms with Gasteiger partial charge in [0.15, 0.2) is 0 Å². The Labute approximate surface area is 121 Å². The Bertz CT molecular complexity index is 434. The van der Waals surface area contributed by atoms with Gasteiger partial charge in [-0.25, -0.2) is 0 Å². The minimum absolute atomic E-state index is 0.0488. The minimum atomic E-state index is 0.0488. The molecule has 0 spiro atoms. The summed E-state index contributed by atoms with van der Waals surface area (Å²) in [6.07, 6.45) is 2.70. The van der Waals surface area contributed by atoms with E-state index in [2.05, 4.69) is 11.0 Å². The van der Waals surface area contributed by atoms with Crippen LogP contribution in [0.5, 0.6) is 5.75 Å². The van der Waals surface area contributed by atoms with Crippen molar-refractivity contribution in [3.63, 3.8) is 0 Å². The van der Waals surface area contributed by atoms with Gasteiger partial charge in [0.05, 0.1) is 13.2 Å². The number of likely N-dealkylation sites (tertiary alicyclic amines) is 1. The van der Waals surface area contributed by atoms with Crippen molar-refractivity contribution in [2.45, 2.75) is 38.5 Å². The van der Waals surface area contributed by atoms with Crippen molar-refractivity contribution in [3.8, 4) is 5.75 Å². The van der Waals surface area contributed by atoms with Crippen LogP contribution in [0.15, 0.2) is 18.2 Å². The molecule has 0 aliphatic carbocycles. The summed E-state index contributed by atoms with van der Waals surface area (Å²) in [7, 11) is 3.52. The van der Waals surface area contributed by atoms with Gasteiger partial charge in [-0.3, -0.25) is 4.90 Å². The van der Waals surface area contributed by atoms with E-state index in [-0.39, 0.29) is 6.04 Å². The summed E-state index contributed by atoms with van der Waals surface area (Å²) < 4.78 is 11.0. The fourth-order valence-corrected chi connectivity index (χ4v) is 2.80. The van der Waals surface area contributed by atoms with E-state index in [4.69, 9.17) is 15.2 Å². The molecule has 1 aromatic carbocycles. The number of piperidine rings is 1. The van der Waals surface area contributed by atoms with Gasteiger partial charge >= 0.3 is 0 Å². The Morgan fingerprint density at radius 3 is 2.85 bits per heavy atom. The fourth-order valence-electron chi connectivity index (χ4n) is 2.80. The Balaban J connectivity index is 2.12. The standard InChI is InChI=1S/C16H26N2O2/c1-12(17)13-6-7-16(20-3)14(9-13)10-18-8-4-5-15(11-18)19-2/h6-7,9,12,15H,4-5,8,10-11,17H2,1-3H3. The van der Waals surface area contributed by atoms with E-state index in [0.29, 0.717) is 6.10 Å². The summed E-state index contributed by atoms with van der Waals surface area (Å²) >= 11 is 0. The zero-order valence-corrected chi connectivity index (χ0v) is 12.8. The number of rotatable bonds is 5. The number of ether oxygens (including phenoxy) is 2. The molecule has 2 N–H and O–H groups in total. The Hall–Kier alpha value is -1.10. The van der Waals surface area contributed by atoms with E-state index in [0.717, 1.165) is 37.4 Å². The van der Waals surface area contributed by atoms with E-state index in [9.17, 15) is 0 Å². The van der Waals surface area contributed by atoms with Crippen molar-refractivity contribution >= 4 is 0 Å². The smallest absolute Gasteiger partial charge is 0.123 e. The first-order chi connectivity index (χ1) is 9.63. The second kappa shape index (κ2) is 7.07. The molecule has 2 unspecified atom stereocenters. The summed E-state index contributed by atoms with van der Waals surface area (Å²) in [5.74, 6) is 0.939. The molecule has 1 heterocycles. The maximum atomic E-state index is 5.98. The molecule has 20 heavy (non-hydrogen) atoms. The number of hydrogen-bond donors (Lipinski definition) is 1. The largest absolute Gasteiger partial charge is 0.496 e. The molecule has 0 radical (unpaired) electrons. The fraction of sp³-hybridized carbons (Fsp3) is 0.625. The van der Waals surface area contributed by atoms with Gasteiger partial charge in [-0.1, -0.05) is 6.07 Å². The van der Waals surface area contributed by atoms with E-state index in [1.54, 1.807) is 14.2 Å². The summed E-state index contributed by atoms with van der Waals surface area (Å²) in [5, 5.41) is 0. The average Bonchev–Trinajstić information content (AvgIpc) is 2.47. The molecule has 4 nitrogen and oxygen atoms in total. The Morgan fingerprint density at radius 1 is 1.40 bits per heavy atom. The van der Waals surface area contributed by atoms with Gasteiger partial charge in [0.1, 0.15) is 5.75 Å². The second-order valence-corrected chi connectivity index (χ2v) is 5.60. The molecule has 0 amide bonds. The van der Waals surface area contributed by atoms with Gasteiger partial charge in [0.25, 0.3) is 0 Å². The van der Waals surface area contributed by atoms with Crippen LogP contribution in [0.2, 0.25) is 0 Å². The molecule has 4 heteroatoms. The lowest BCUT2D eigenvalue weighted by Crippen LogP contribution is -2.38. The second-order valence-electron chi connectivity index (χ2n) is 5.60. The predicted molar refractivity (Wildman–Crippen MR) is 80.9 cm³/mol.